The average molecular weight is 371 g/mol. The summed E-state index contributed by atoms with van der Waals surface area (Å²) in [6.07, 6.45) is 0. The summed E-state index contributed by atoms with van der Waals surface area (Å²) in [6.45, 7) is 1.87. The summed E-state index contributed by atoms with van der Waals surface area (Å²) in [4.78, 5) is 25.1. The largest absolute Gasteiger partial charge is 0.454 e. The van der Waals surface area contributed by atoms with E-state index in [4.69, 9.17) is 21.1 Å². The second kappa shape index (κ2) is 6.38. The number of ether oxygens (including phenoxy) is 2. The molecular formula is C19H15ClN2O4. The highest BCUT2D eigenvalue weighted by Gasteiger charge is 2.32. The molecule has 26 heavy (non-hydrogen) atoms. The molecule has 2 amide bonds. The molecule has 0 aliphatic carbocycles. The number of hydrogen-bond donors (Lipinski definition) is 2. The highest BCUT2D eigenvalue weighted by atomic mass is 35.5. The van der Waals surface area contributed by atoms with Gasteiger partial charge in [0, 0.05) is 21.9 Å². The van der Waals surface area contributed by atoms with Crippen molar-refractivity contribution in [1.29, 1.82) is 0 Å². The molecule has 0 bridgehead atoms. The Hall–Kier alpha value is -2.99. The minimum atomic E-state index is -0.596. The molecule has 0 aromatic heterocycles. The standard InChI is InChI=1S/C19H15ClN2O4/c1-10-16(18(23)11-2-5-13(20)6-3-11)17(22-19(24)21-10)12-4-7-14-15(8-12)26-9-25-14/h2-8,17H,9H2,1H3,(H2,21,22,24)/t17-/m0/s1. The number of hydrogen-bond acceptors (Lipinski definition) is 4. The van der Waals surface area contributed by atoms with Crippen LogP contribution in [0.3, 0.4) is 0 Å². The second-order valence-electron chi connectivity index (χ2n) is 6.02. The number of halogens is 1. The molecule has 0 spiro atoms. The predicted octanol–water partition coefficient (Wildman–Crippen LogP) is 3.58. The van der Waals surface area contributed by atoms with Gasteiger partial charge in [-0.1, -0.05) is 17.7 Å². The van der Waals surface area contributed by atoms with Crippen molar-refractivity contribution in [3.8, 4) is 11.5 Å². The van der Waals surface area contributed by atoms with Crippen LogP contribution in [0.5, 0.6) is 11.5 Å². The average Bonchev–Trinajstić information content (AvgIpc) is 3.09. The first-order valence-electron chi connectivity index (χ1n) is 8.01. The van der Waals surface area contributed by atoms with Gasteiger partial charge in [0.1, 0.15) is 0 Å². The van der Waals surface area contributed by atoms with Crippen molar-refractivity contribution >= 4 is 23.4 Å². The first kappa shape index (κ1) is 16.5. The highest BCUT2D eigenvalue weighted by molar-refractivity contribution is 6.30. The molecule has 0 unspecified atom stereocenters. The van der Waals surface area contributed by atoms with Gasteiger partial charge in [-0.05, 0) is 48.9 Å². The predicted molar refractivity (Wildman–Crippen MR) is 95.5 cm³/mol. The van der Waals surface area contributed by atoms with Crippen molar-refractivity contribution in [3.05, 3.63) is 69.9 Å². The van der Waals surface area contributed by atoms with Crippen LogP contribution in [0.2, 0.25) is 5.02 Å². The molecule has 1 atom stereocenters. The Bertz CT molecular complexity index is 937. The number of rotatable bonds is 3. The number of ketones is 1. The Morgan fingerprint density at radius 1 is 1.12 bits per heavy atom. The number of allylic oxidation sites excluding steroid dienone is 1. The topological polar surface area (TPSA) is 76.7 Å². The monoisotopic (exact) mass is 370 g/mol. The van der Waals surface area contributed by atoms with Crippen LogP contribution in [0.1, 0.15) is 28.9 Å². The normalized spacial score (nSPS) is 18.4. The molecule has 2 aliphatic rings. The molecule has 2 heterocycles. The highest BCUT2D eigenvalue weighted by Crippen LogP contribution is 2.37. The number of benzene rings is 2. The number of carbonyl (C=O) groups is 2. The summed E-state index contributed by atoms with van der Waals surface area (Å²) in [6, 6.07) is 11.1. The molecule has 0 radical (unpaired) electrons. The van der Waals surface area contributed by atoms with E-state index in [9.17, 15) is 9.59 Å². The van der Waals surface area contributed by atoms with E-state index in [1.807, 2.05) is 6.07 Å². The lowest BCUT2D eigenvalue weighted by molar-refractivity contribution is 0.102. The number of nitrogens with one attached hydrogen (secondary N) is 2. The minimum Gasteiger partial charge on any atom is -0.454 e. The van der Waals surface area contributed by atoms with Crippen molar-refractivity contribution in [2.24, 2.45) is 0 Å². The van der Waals surface area contributed by atoms with E-state index < -0.39 is 6.04 Å². The van der Waals surface area contributed by atoms with Crippen LogP contribution in [-0.2, 0) is 0 Å². The summed E-state index contributed by atoms with van der Waals surface area (Å²) < 4.78 is 10.7. The fourth-order valence-corrected chi connectivity index (χ4v) is 3.22. The molecule has 2 aliphatic heterocycles. The zero-order valence-electron chi connectivity index (χ0n) is 13.8. The molecule has 0 saturated carbocycles. The van der Waals surface area contributed by atoms with Crippen molar-refractivity contribution < 1.29 is 19.1 Å². The first-order valence-corrected chi connectivity index (χ1v) is 8.39. The quantitative estimate of drug-likeness (QED) is 0.810. The Balaban J connectivity index is 1.76. The van der Waals surface area contributed by atoms with E-state index in [0.29, 0.717) is 33.4 Å². The maximum atomic E-state index is 13.1. The third kappa shape index (κ3) is 2.88. The summed E-state index contributed by atoms with van der Waals surface area (Å²) in [5.74, 6) is 1.04. The second-order valence-corrected chi connectivity index (χ2v) is 6.46. The van der Waals surface area contributed by atoms with Gasteiger partial charge in [0.25, 0.3) is 0 Å². The van der Waals surface area contributed by atoms with E-state index in [1.165, 1.54) is 0 Å². The van der Waals surface area contributed by atoms with Gasteiger partial charge in [-0.2, -0.15) is 0 Å². The van der Waals surface area contributed by atoms with Gasteiger partial charge in [0.15, 0.2) is 17.3 Å². The first-order chi connectivity index (χ1) is 12.5. The zero-order chi connectivity index (χ0) is 18.3. The Labute approximate surface area is 154 Å². The fourth-order valence-electron chi connectivity index (χ4n) is 3.09. The third-order valence-corrected chi connectivity index (χ3v) is 4.60. The lowest BCUT2D eigenvalue weighted by atomic mass is 9.89. The maximum Gasteiger partial charge on any atom is 0.319 e. The van der Waals surface area contributed by atoms with Gasteiger partial charge < -0.3 is 20.1 Å². The summed E-state index contributed by atoms with van der Waals surface area (Å²) in [7, 11) is 0. The summed E-state index contributed by atoms with van der Waals surface area (Å²) >= 11 is 5.91. The minimum absolute atomic E-state index is 0.156. The molecule has 2 aromatic carbocycles. The maximum absolute atomic E-state index is 13.1. The Morgan fingerprint density at radius 3 is 2.62 bits per heavy atom. The van der Waals surface area contributed by atoms with Gasteiger partial charge >= 0.3 is 6.03 Å². The molecule has 2 aromatic rings. The van der Waals surface area contributed by atoms with Gasteiger partial charge in [-0.25, -0.2) is 4.79 Å². The molecule has 4 rings (SSSR count). The van der Waals surface area contributed by atoms with Gasteiger partial charge in [-0.15, -0.1) is 0 Å². The number of carbonyl (C=O) groups excluding carboxylic acids is 2. The van der Waals surface area contributed by atoms with E-state index in [-0.39, 0.29) is 18.6 Å². The van der Waals surface area contributed by atoms with Crippen LogP contribution in [0.25, 0.3) is 0 Å². The fraction of sp³-hybridized carbons (Fsp3) is 0.158. The summed E-state index contributed by atoms with van der Waals surface area (Å²) in [5, 5.41) is 6.04. The third-order valence-electron chi connectivity index (χ3n) is 4.35. The SMILES string of the molecule is CC1=C(C(=O)c2ccc(Cl)cc2)[C@H](c2ccc3c(c2)OCO3)NC(=O)N1. The Morgan fingerprint density at radius 2 is 1.85 bits per heavy atom. The number of Topliss-reactive ketones (excluding diaryl/α,β-unsaturated/α-hetero) is 1. The van der Waals surface area contributed by atoms with Crippen molar-refractivity contribution in [3.63, 3.8) is 0 Å². The summed E-state index contributed by atoms with van der Waals surface area (Å²) in [5.41, 5.74) is 2.20. The molecule has 2 N–H and O–H groups in total. The smallest absolute Gasteiger partial charge is 0.319 e. The molecular weight excluding hydrogens is 356 g/mol. The van der Waals surface area contributed by atoms with Crippen LogP contribution in [0, 0.1) is 0 Å². The molecule has 7 heteroatoms. The molecule has 0 fully saturated rings. The van der Waals surface area contributed by atoms with Crippen molar-refractivity contribution in [2.45, 2.75) is 13.0 Å². The van der Waals surface area contributed by atoms with Crippen LogP contribution < -0.4 is 20.1 Å². The van der Waals surface area contributed by atoms with Crippen LogP contribution in [0.15, 0.2) is 53.7 Å². The van der Waals surface area contributed by atoms with Crippen LogP contribution in [0.4, 0.5) is 4.79 Å². The van der Waals surface area contributed by atoms with E-state index in [1.54, 1.807) is 43.3 Å². The van der Waals surface area contributed by atoms with Gasteiger partial charge in [0.05, 0.1) is 6.04 Å². The van der Waals surface area contributed by atoms with E-state index >= 15 is 0 Å². The van der Waals surface area contributed by atoms with Gasteiger partial charge in [0.2, 0.25) is 6.79 Å². The number of fused-ring (bicyclic) bond motifs is 1. The van der Waals surface area contributed by atoms with E-state index in [0.717, 1.165) is 5.56 Å². The van der Waals surface area contributed by atoms with Crippen molar-refractivity contribution in [2.75, 3.05) is 6.79 Å². The van der Waals surface area contributed by atoms with Crippen molar-refractivity contribution in [1.82, 2.24) is 10.6 Å². The Kier molecular flexibility index (Phi) is 4.05. The van der Waals surface area contributed by atoms with E-state index in [2.05, 4.69) is 10.6 Å². The molecule has 6 nitrogen and oxygen atoms in total. The van der Waals surface area contributed by atoms with Crippen LogP contribution >= 0.6 is 11.6 Å². The van der Waals surface area contributed by atoms with Gasteiger partial charge in [-0.3, -0.25) is 4.79 Å². The molecule has 0 saturated heterocycles. The lowest BCUT2D eigenvalue weighted by Gasteiger charge is -2.28. The molecule has 132 valence electrons. The lowest BCUT2D eigenvalue weighted by Crippen LogP contribution is -2.45. The van der Waals surface area contributed by atoms with Crippen LogP contribution in [-0.4, -0.2) is 18.6 Å². The number of amides is 2. The zero-order valence-corrected chi connectivity index (χ0v) is 14.6. The number of urea groups is 1.